The summed E-state index contributed by atoms with van der Waals surface area (Å²) >= 11 is 0. The Morgan fingerprint density at radius 3 is 1.39 bits per heavy atom. The number of ether oxygens (including phenoxy) is 6. The van der Waals surface area contributed by atoms with E-state index in [1.54, 1.807) is 24.3 Å². The van der Waals surface area contributed by atoms with Crippen LogP contribution >= 0.6 is 0 Å². The SMILES string of the molecule is COC(=O)C1=C(C(=O)OC)[C@@]2(C[C@@]34C=C[C@@H](O3)C(C(=O)OC)=C4C(=O)OC)C=C[C@@H]1O2. The molecule has 0 radical (unpaired) electrons. The quantitative estimate of drug-likeness (QED) is 0.324. The molecule has 0 saturated heterocycles. The summed E-state index contributed by atoms with van der Waals surface area (Å²) in [4.78, 5) is 50.1. The molecule has 4 atom stereocenters. The van der Waals surface area contributed by atoms with Crippen molar-refractivity contribution in [3.8, 4) is 0 Å². The monoisotopic (exact) mass is 432 g/mol. The molecule has 0 fully saturated rings. The van der Waals surface area contributed by atoms with Gasteiger partial charge in [-0.25, -0.2) is 19.2 Å². The highest BCUT2D eigenvalue weighted by Crippen LogP contribution is 2.54. The fraction of sp³-hybridized carbons (Fsp3) is 0.429. The Morgan fingerprint density at radius 1 is 0.710 bits per heavy atom. The first-order chi connectivity index (χ1) is 14.8. The lowest BCUT2D eigenvalue weighted by molar-refractivity contribution is -0.140. The number of esters is 4. The molecule has 0 amide bonds. The van der Waals surface area contributed by atoms with Crippen molar-refractivity contribution in [2.45, 2.75) is 29.8 Å². The molecule has 0 spiro atoms. The first kappa shape index (κ1) is 21.0. The number of fused-ring (bicyclic) bond motifs is 4. The van der Waals surface area contributed by atoms with E-state index >= 15 is 0 Å². The number of rotatable bonds is 6. The van der Waals surface area contributed by atoms with E-state index in [0.29, 0.717) is 0 Å². The zero-order valence-corrected chi connectivity index (χ0v) is 17.3. The maximum Gasteiger partial charge on any atom is 0.337 e. The van der Waals surface area contributed by atoms with Gasteiger partial charge in [-0.15, -0.1) is 0 Å². The predicted octanol–water partition coefficient (Wildman–Crippen LogP) is 0.0765. The standard InChI is InChI=1S/C21H20O10/c1-26-16(22)12-10-5-7-20(30-10,14(12)18(24)28-3)9-21-8-6-11(31-21)13(17(23)27-2)15(21)19(25)29-4/h5-8,10-11H,9H2,1-4H3/t10-,11+,20-,21+. The molecule has 0 unspecified atom stereocenters. The minimum absolute atomic E-state index is 0.0153. The second-order valence-electron chi connectivity index (χ2n) is 7.29. The molecule has 164 valence electrons. The third-order valence-corrected chi connectivity index (χ3v) is 5.82. The van der Waals surface area contributed by atoms with Gasteiger partial charge in [0.05, 0.1) is 50.7 Å². The topological polar surface area (TPSA) is 124 Å². The van der Waals surface area contributed by atoms with Crippen molar-refractivity contribution in [2.24, 2.45) is 0 Å². The van der Waals surface area contributed by atoms with Crippen LogP contribution in [-0.4, -0.2) is 75.7 Å². The van der Waals surface area contributed by atoms with E-state index in [1.807, 2.05) is 0 Å². The Kier molecular flexibility index (Phi) is 4.86. The van der Waals surface area contributed by atoms with Gasteiger partial charge in [0.2, 0.25) is 0 Å². The normalized spacial score (nSPS) is 32.0. The number of methoxy groups -OCH3 is 4. The highest BCUT2D eigenvalue weighted by Gasteiger charge is 2.63. The van der Waals surface area contributed by atoms with Crippen LogP contribution < -0.4 is 0 Å². The minimum Gasteiger partial charge on any atom is -0.466 e. The molecule has 10 heteroatoms. The van der Waals surface area contributed by atoms with Gasteiger partial charge in [0.1, 0.15) is 23.4 Å². The van der Waals surface area contributed by atoms with Crippen LogP contribution in [-0.2, 0) is 47.6 Å². The second-order valence-corrected chi connectivity index (χ2v) is 7.29. The van der Waals surface area contributed by atoms with Crippen LogP contribution in [0.3, 0.4) is 0 Å². The fourth-order valence-corrected chi connectivity index (χ4v) is 4.63. The number of carbonyl (C=O) groups excluding carboxylic acids is 4. The summed E-state index contributed by atoms with van der Waals surface area (Å²) in [6.07, 6.45) is 4.67. The molecule has 4 bridgehead atoms. The smallest absolute Gasteiger partial charge is 0.337 e. The number of hydrogen-bond acceptors (Lipinski definition) is 10. The maximum atomic E-state index is 12.7. The summed E-state index contributed by atoms with van der Waals surface area (Å²) in [6, 6.07) is 0. The Hall–Kier alpha value is -3.24. The molecule has 0 saturated carbocycles. The average molecular weight is 432 g/mol. The van der Waals surface area contributed by atoms with Crippen LogP contribution in [0.15, 0.2) is 46.6 Å². The van der Waals surface area contributed by atoms with Gasteiger partial charge < -0.3 is 28.4 Å². The minimum atomic E-state index is -1.45. The van der Waals surface area contributed by atoms with Gasteiger partial charge in [-0.3, -0.25) is 0 Å². The van der Waals surface area contributed by atoms with E-state index in [2.05, 4.69) is 0 Å². The molecule has 4 aliphatic rings. The van der Waals surface area contributed by atoms with E-state index in [0.717, 1.165) is 0 Å². The molecule has 4 rings (SSSR count). The highest BCUT2D eigenvalue weighted by atomic mass is 16.6. The molecule has 0 aromatic heterocycles. The van der Waals surface area contributed by atoms with Crippen LogP contribution in [0.2, 0.25) is 0 Å². The Balaban J connectivity index is 1.84. The van der Waals surface area contributed by atoms with Gasteiger partial charge in [0.25, 0.3) is 0 Å². The fourth-order valence-electron chi connectivity index (χ4n) is 4.63. The molecule has 0 aliphatic carbocycles. The molecule has 0 N–H and O–H groups in total. The van der Waals surface area contributed by atoms with Crippen LogP contribution in [0.25, 0.3) is 0 Å². The van der Waals surface area contributed by atoms with Gasteiger partial charge >= 0.3 is 23.9 Å². The van der Waals surface area contributed by atoms with Crippen molar-refractivity contribution >= 4 is 23.9 Å². The molecule has 0 aromatic rings. The lowest BCUT2D eigenvalue weighted by atomic mass is 9.74. The van der Waals surface area contributed by atoms with Crippen molar-refractivity contribution in [2.75, 3.05) is 28.4 Å². The molecule has 0 aromatic carbocycles. The van der Waals surface area contributed by atoms with Crippen molar-refractivity contribution < 1.29 is 47.6 Å². The average Bonchev–Trinajstić information content (AvgIpc) is 3.53. The van der Waals surface area contributed by atoms with Crippen LogP contribution in [0, 0.1) is 0 Å². The van der Waals surface area contributed by atoms with Gasteiger partial charge in [-0.2, -0.15) is 0 Å². The van der Waals surface area contributed by atoms with Crippen molar-refractivity contribution in [1.82, 2.24) is 0 Å². The van der Waals surface area contributed by atoms with Gasteiger partial charge in [-0.1, -0.05) is 12.2 Å². The molecule has 4 heterocycles. The number of carbonyl (C=O) groups is 4. The van der Waals surface area contributed by atoms with Gasteiger partial charge in [0, 0.05) is 6.42 Å². The van der Waals surface area contributed by atoms with E-state index < -0.39 is 47.3 Å². The zero-order valence-electron chi connectivity index (χ0n) is 17.3. The number of hydrogen-bond donors (Lipinski definition) is 0. The van der Waals surface area contributed by atoms with Gasteiger partial charge in [-0.05, 0) is 12.2 Å². The van der Waals surface area contributed by atoms with Crippen LogP contribution in [0.5, 0.6) is 0 Å². The van der Waals surface area contributed by atoms with Crippen LogP contribution in [0.1, 0.15) is 6.42 Å². The highest BCUT2D eigenvalue weighted by molar-refractivity contribution is 6.06. The van der Waals surface area contributed by atoms with E-state index in [1.165, 1.54) is 28.4 Å². The lowest BCUT2D eigenvalue weighted by Crippen LogP contribution is -2.44. The molecule has 10 nitrogen and oxygen atoms in total. The second kappa shape index (κ2) is 7.17. The molecular formula is C21H20O10. The lowest BCUT2D eigenvalue weighted by Gasteiger charge is -2.34. The van der Waals surface area contributed by atoms with Crippen molar-refractivity contribution in [1.29, 1.82) is 0 Å². The molecule has 4 aliphatic heterocycles. The third kappa shape index (κ3) is 2.78. The van der Waals surface area contributed by atoms with Crippen molar-refractivity contribution in [3.05, 3.63) is 46.6 Å². The third-order valence-electron chi connectivity index (χ3n) is 5.82. The summed E-state index contributed by atoms with van der Waals surface area (Å²) in [7, 11) is 4.74. The van der Waals surface area contributed by atoms with Crippen LogP contribution in [0.4, 0.5) is 0 Å². The Labute approximate surface area is 177 Å². The first-order valence-electron chi connectivity index (χ1n) is 9.34. The Morgan fingerprint density at radius 2 is 1.06 bits per heavy atom. The first-order valence-corrected chi connectivity index (χ1v) is 9.34. The van der Waals surface area contributed by atoms with Crippen molar-refractivity contribution in [3.63, 3.8) is 0 Å². The largest absolute Gasteiger partial charge is 0.466 e. The molecule has 31 heavy (non-hydrogen) atoms. The van der Waals surface area contributed by atoms with E-state index in [4.69, 9.17) is 28.4 Å². The maximum absolute atomic E-state index is 12.7. The molecular weight excluding hydrogens is 412 g/mol. The summed E-state index contributed by atoms with van der Waals surface area (Å²) in [5, 5.41) is 0. The summed E-state index contributed by atoms with van der Waals surface area (Å²) < 4.78 is 31.5. The summed E-state index contributed by atoms with van der Waals surface area (Å²) in [5.74, 6) is -3.03. The summed E-state index contributed by atoms with van der Waals surface area (Å²) in [6.45, 7) is 0. The van der Waals surface area contributed by atoms with E-state index in [9.17, 15) is 19.2 Å². The summed E-state index contributed by atoms with van der Waals surface area (Å²) in [5.41, 5.74) is -2.96. The Bertz CT molecular complexity index is 935. The van der Waals surface area contributed by atoms with E-state index in [-0.39, 0.29) is 28.7 Å². The van der Waals surface area contributed by atoms with Gasteiger partial charge in [0.15, 0.2) is 0 Å². The predicted molar refractivity (Wildman–Crippen MR) is 100 cm³/mol. The zero-order chi connectivity index (χ0) is 22.6.